The minimum absolute atomic E-state index is 0.0599. The van der Waals surface area contributed by atoms with E-state index in [4.69, 9.17) is 0 Å². The predicted molar refractivity (Wildman–Crippen MR) is 133 cm³/mol. The van der Waals surface area contributed by atoms with Crippen LogP contribution in [0.2, 0.25) is 0 Å². The standard InChI is InChI=1S/C24H51N5O2S/c1-5-6-7-8-9-10-11-12-13-14-15-16-17-18-19-20-23-29(4)28(25-32(29,30)31)24-26(2)21-22-27(24)3/h25H,5-23H2,1-4H3/q+2. The van der Waals surface area contributed by atoms with Crippen molar-refractivity contribution in [1.29, 1.82) is 0 Å². The van der Waals surface area contributed by atoms with Gasteiger partial charge in [0.1, 0.15) is 13.6 Å². The molecule has 0 spiro atoms. The van der Waals surface area contributed by atoms with Crippen LogP contribution in [-0.4, -0.2) is 73.7 Å². The summed E-state index contributed by atoms with van der Waals surface area (Å²) in [7, 11) is 2.51. The lowest BCUT2D eigenvalue weighted by Gasteiger charge is -2.43. The number of quaternary nitrogens is 1. The van der Waals surface area contributed by atoms with Crippen LogP contribution in [0.15, 0.2) is 0 Å². The first kappa shape index (κ1) is 27.4. The average molecular weight is 474 g/mol. The maximum atomic E-state index is 12.5. The van der Waals surface area contributed by atoms with Crippen molar-refractivity contribution in [2.75, 3.05) is 40.8 Å². The highest BCUT2D eigenvalue weighted by atomic mass is 32.2. The Morgan fingerprint density at radius 1 is 0.844 bits per heavy atom. The van der Waals surface area contributed by atoms with Crippen LogP contribution in [0.25, 0.3) is 0 Å². The zero-order valence-corrected chi connectivity index (χ0v) is 22.3. The third-order valence-corrected chi connectivity index (χ3v) is 9.00. The molecule has 1 fully saturated rings. The molecule has 0 amide bonds. The first-order valence-corrected chi connectivity index (χ1v) is 14.8. The number of rotatable bonds is 17. The Bertz CT molecular complexity index is 682. The molecule has 8 heteroatoms. The van der Waals surface area contributed by atoms with Crippen molar-refractivity contribution in [3.63, 3.8) is 0 Å². The fourth-order valence-corrected chi connectivity index (χ4v) is 6.12. The second kappa shape index (κ2) is 13.8. The summed E-state index contributed by atoms with van der Waals surface area (Å²) in [6, 6.07) is 0. The highest BCUT2D eigenvalue weighted by molar-refractivity contribution is 7.84. The van der Waals surface area contributed by atoms with Crippen molar-refractivity contribution in [2.24, 2.45) is 0 Å². The number of hydrogen-bond acceptors (Lipinski definition) is 4. The number of nitrogens with zero attached hydrogens (tertiary/aromatic N) is 4. The van der Waals surface area contributed by atoms with Gasteiger partial charge in [0.25, 0.3) is 0 Å². The molecule has 0 aromatic carbocycles. The maximum absolute atomic E-state index is 12.5. The number of nitrogens with one attached hydrogen (secondary N) is 1. The van der Waals surface area contributed by atoms with Crippen molar-refractivity contribution >= 4 is 16.2 Å². The Labute approximate surface area is 198 Å². The summed E-state index contributed by atoms with van der Waals surface area (Å²) in [6.07, 6.45) is 21.3. The molecule has 0 bridgehead atoms. The molecule has 2 aliphatic heterocycles. The fourth-order valence-electron chi connectivity index (χ4n) is 4.88. The Kier molecular flexibility index (Phi) is 11.8. The van der Waals surface area contributed by atoms with E-state index < -0.39 is 10.2 Å². The molecule has 2 heterocycles. The van der Waals surface area contributed by atoms with Crippen LogP contribution in [0.4, 0.5) is 0 Å². The minimum Gasteiger partial charge on any atom is -0.259 e. The fraction of sp³-hybridized carbons (Fsp3) is 0.958. The summed E-state index contributed by atoms with van der Waals surface area (Å²) in [6.45, 7) is 4.74. The highest BCUT2D eigenvalue weighted by Gasteiger charge is 2.65. The summed E-state index contributed by atoms with van der Waals surface area (Å²) < 4.78 is 27.0. The molecular weight excluding hydrogens is 422 g/mol. The number of unbranched alkanes of at least 4 members (excludes halogenated alkanes) is 15. The van der Waals surface area contributed by atoms with Gasteiger partial charge in [0.2, 0.25) is 0 Å². The largest absolute Gasteiger partial charge is 0.436 e. The number of likely N-dealkylation sites (N-methyl/N-ethyl adjacent to an activating group) is 2. The molecule has 0 saturated carbocycles. The van der Waals surface area contributed by atoms with Crippen molar-refractivity contribution in [2.45, 2.75) is 110 Å². The SMILES string of the molecule is CCCCCCCCCCCCCCCCCC[N+]1(C)N(C2=[N+](C)CCN2C)NS1(=O)=O. The van der Waals surface area contributed by atoms with Gasteiger partial charge in [-0.2, -0.15) is 8.42 Å². The van der Waals surface area contributed by atoms with Gasteiger partial charge in [-0.3, -0.25) is 9.48 Å². The van der Waals surface area contributed by atoms with E-state index in [0.29, 0.717) is 6.54 Å². The minimum atomic E-state index is -3.34. The number of hydrogen-bond donors (Lipinski definition) is 1. The average Bonchev–Trinajstić information content (AvgIpc) is 3.09. The lowest BCUT2D eigenvalue weighted by Crippen LogP contribution is -2.83. The Morgan fingerprint density at radius 3 is 1.66 bits per heavy atom. The molecule has 1 N–H and O–H groups in total. The second-order valence-corrected chi connectivity index (χ2v) is 12.0. The van der Waals surface area contributed by atoms with E-state index in [1.54, 1.807) is 0 Å². The molecule has 188 valence electrons. The van der Waals surface area contributed by atoms with E-state index in [1.807, 2.05) is 26.3 Å². The van der Waals surface area contributed by atoms with Gasteiger partial charge in [0, 0.05) is 16.4 Å². The first-order chi connectivity index (χ1) is 15.3. The van der Waals surface area contributed by atoms with Gasteiger partial charge < -0.3 is 0 Å². The van der Waals surface area contributed by atoms with Gasteiger partial charge in [-0.25, -0.2) is 0 Å². The van der Waals surface area contributed by atoms with E-state index in [2.05, 4.69) is 21.2 Å². The summed E-state index contributed by atoms with van der Waals surface area (Å²) in [4.78, 5) is 4.79. The van der Waals surface area contributed by atoms with E-state index in [0.717, 1.165) is 31.9 Å². The summed E-state index contributed by atoms with van der Waals surface area (Å²) in [5.74, 6) is 0.943. The van der Waals surface area contributed by atoms with Crippen LogP contribution in [-0.2, 0) is 10.2 Å². The van der Waals surface area contributed by atoms with E-state index in [-0.39, 0.29) is 4.00 Å². The van der Waals surface area contributed by atoms with Crippen LogP contribution < -0.4 is 4.83 Å². The monoisotopic (exact) mass is 473 g/mol. The molecular formula is C24H51N5O2S+2. The molecule has 7 nitrogen and oxygen atoms in total. The molecule has 1 unspecified atom stereocenters. The van der Waals surface area contributed by atoms with E-state index in [1.165, 1.54) is 89.9 Å². The van der Waals surface area contributed by atoms with Gasteiger partial charge >= 0.3 is 16.2 Å². The lowest BCUT2D eigenvalue weighted by molar-refractivity contribution is -0.932. The molecule has 0 aromatic rings. The van der Waals surface area contributed by atoms with Crippen molar-refractivity contribution < 1.29 is 17.0 Å². The van der Waals surface area contributed by atoms with Gasteiger partial charge in [0.15, 0.2) is 0 Å². The van der Waals surface area contributed by atoms with E-state index in [9.17, 15) is 8.42 Å². The number of hydrazine groups is 1. The predicted octanol–water partition coefficient (Wildman–Crippen LogP) is 4.62. The quantitative estimate of drug-likeness (QED) is 0.190. The second-order valence-electron chi connectivity index (χ2n) is 10.1. The van der Waals surface area contributed by atoms with Gasteiger partial charge in [0.05, 0.1) is 27.2 Å². The third-order valence-electron chi connectivity index (χ3n) is 7.21. The molecule has 0 radical (unpaired) electrons. The molecule has 0 aliphatic carbocycles. The zero-order valence-electron chi connectivity index (χ0n) is 21.4. The van der Waals surface area contributed by atoms with Crippen molar-refractivity contribution in [3.8, 4) is 0 Å². The highest BCUT2D eigenvalue weighted by Crippen LogP contribution is 2.27. The van der Waals surface area contributed by atoms with Crippen LogP contribution in [0.5, 0.6) is 0 Å². The van der Waals surface area contributed by atoms with Crippen LogP contribution in [0.1, 0.15) is 110 Å². The van der Waals surface area contributed by atoms with Crippen LogP contribution in [0, 0.1) is 0 Å². The molecule has 2 aliphatic rings. The third kappa shape index (κ3) is 7.59. The van der Waals surface area contributed by atoms with Crippen molar-refractivity contribution in [1.82, 2.24) is 14.8 Å². The topological polar surface area (TPSA) is 55.7 Å². The molecule has 0 aromatic heterocycles. The molecule has 1 atom stereocenters. The first-order valence-electron chi connectivity index (χ1n) is 13.3. The maximum Gasteiger partial charge on any atom is 0.436 e. The Hall–Kier alpha value is -0.860. The number of guanidine groups is 1. The molecule has 2 rings (SSSR count). The van der Waals surface area contributed by atoms with Crippen LogP contribution >= 0.6 is 0 Å². The molecule has 1 saturated heterocycles. The summed E-state index contributed by atoms with van der Waals surface area (Å²) >= 11 is 0. The normalized spacial score (nSPS) is 22.6. The van der Waals surface area contributed by atoms with E-state index >= 15 is 0 Å². The Balaban J connectivity index is 1.49. The smallest absolute Gasteiger partial charge is 0.259 e. The zero-order chi connectivity index (χ0) is 23.5. The molecule has 32 heavy (non-hydrogen) atoms. The van der Waals surface area contributed by atoms with Crippen molar-refractivity contribution in [3.05, 3.63) is 0 Å². The van der Waals surface area contributed by atoms with Crippen LogP contribution in [0.3, 0.4) is 0 Å². The van der Waals surface area contributed by atoms with Gasteiger partial charge in [-0.15, -0.1) is 0 Å². The lowest BCUT2D eigenvalue weighted by atomic mass is 10.0. The summed E-state index contributed by atoms with van der Waals surface area (Å²) in [5, 5.41) is 1.81. The summed E-state index contributed by atoms with van der Waals surface area (Å²) in [5.41, 5.74) is 0. The van der Waals surface area contributed by atoms with Gasteiger partial charge in [-0.1, -0.05) is 96.8 Å². The Morgan fingerprint density at radius 2 is 1.28 bits per heavy atom. The van der Waals surface area contributed by atoms with Gasteiger partial charge in [-0.05, 0) is 10.4 Å².